The van der Waals surface area contributed by atoms with E-state index in [0.717, 1.165) is 10.7 Å². The summed E-state index contributed by atoms with van der Waals surface area (Å²) < 4.78 is 12.8. The Morgan fingerprint density at radius 3 is 2.67 bits per heavy atom. The van der Waals surface area contributed by atoms with E-state index in [1.807, 2.05) is 19.9 Å². The second-order valence-corrected chi connectivity index (χ2v) is 5.73. The number of carbonyl (C=O) groups excluding carboxylic acids is 1. The molecule has 0 spiro atoms. The van der Waals surface area contributed by atoms with E-state index in [2.05, 4.69) is 15.3 Å². The van der Waals surface area contributed by atoms with Gasteiger partial charge >= 0.3 is 0 Å². The first-order chi connectivity index (χ1) is 10.1. The quantitative estimate of drug-likeness (QED) is 0.679. The number of anilines is 1. The predicted molar refractivity (Wildman–Crippen MR) is 81.7 cm³/mol. The second-order valence-electron chi connectivity index (χ2n) is 4.51. The number of hydrogen-bond acceptors (Lipinski definition) is 4. The van der Waals surface area contributed by atoms with Crippen LogP contribution in [0.4, 0.5) is 10.1 Å². The van der Waals surface area contributed by atoms with Gasteiger partial charge in [0.1, 0.15) is 17.2 Å². The molecule has 2 aromatic rings. The number of aromatic nitrogens is 2. The second kappa shape index (κ2) is 7.17. The van der Waals surface area contributed by atoms with E-state index in [1.165, 1.54) is 30.2 Å². The molecule has 1 N–H and O–H groups in total. The molecule has 0 radical (unpaired) electrons. The third-order valence-electron chi connectivity index (χ3n) is 2.82. The number of nitrogens with one attached hydrogen (secondary N) is 1. The summed E-state index contributed by atoms with van der Waals surface area (Å²) in [6, 6.07) is 7.56. The summed E-state index contributed by atoms with van der Waals surface area (Å²) >= 11 is 1.40. The number of nitrogens with zero attached hydrogens (tertiary/aromatic N) is 2. The van der Waals surface area contributed by atoms with Gasteiger partial charge in [0.2, 0.25) is 5.91 Å². The Hall–Kier alpha value is -1.95. The molecule has 1 unspecified atom stereocenters. The molecule has 0 saturated heterocycles. The maximum Gasteiger partial charge on any atom is 0.237 e. The smallest absolute Gasteiger partial charge is 0.237 e. The van der Waals surface area contributed by atoms with Crippen molar-refractivity contribution < 1.29 is 9.18 Å². The Morgan fingerprint density at radius 2 is 2.05 bits per heavy atom. The number of rotatable bonds is 5. The third-order valence-corrected chi connectivity index (χ3v) is 4.11. The lowest BCUT2D eigenvalue weighted by Gasteiger charge is -2.14. The summed E-state index contributed by atoms with van der Waals surface area (Å²) in [6.45, 7) is 3.82. The van der Waals surface area contributed by atoms with Crippen molar-refractivity contribution >= 4 is 23.4 Å². The molecule has 0 aliphatic rings. The molecule has 1 aromatic carbocycles. The fourth-order valence-corrected chi connectivity index (χ4v) is 2.69. The van der Waals surface area contributed by atoms with E-state index >= 15 is 0 Å². The molecule has 1 aromatic heterocycles. The van der Waals surface area contributed by atoms with Gasteiger partial charge in [-0.25, -0.2) is 14.4 Å². The maximum absolute atomic E-state index is 12.8. The van der Waals surface area contributed by atoms with Gasteiger partial charge in [0.25, 0.3) is 0 Å². The number of amides is 1. The lowest BCUT2D eigenvalue weighted by Crippen LogP contribution is -2.24. The van der Waals surface area contributed by atoms with Crippen molar-refractivity contribution in [1.82, 2.24) is 9.97 Å². The molecular weight excluding hydrogens is 289 g/mol. The molecule has 2 rings (SSSR count). The van der Waals surface area contributed by atoms with Gasteiger partial charge in [-0.05, 0) is 43.7 Å². The average Bonchev–Trinajstić information content (AvgIpc) is 2.47. The van der Waals surface area contributed by atoms with Gasteiger partial charge in [-0.3, -0.25) is 4.79 Å². The van der Waals surface area contributed by atoms with Crippen LogP contribution in [-0.2, 0) is 4.79 Å². The van der Waals surface area contributed by atoms with Crippen LogP contribution in [0.2, 0.25) is 0 Å². The molecule has 0 saturated carbocycles. The zero-order valence-electron chi connectivity index (χ0n) is 11.8. The van der Waals surface area contributed by atoms with E-state index in [-0.39, 0.29) is 17.0 Å². The Kier molecular flexibility index (Phi) is 5.27. The minimum Gasteiger partial charge on any atom is -0.325 e. The zero-order chi connectivity index (χ0) is 15.2. The standard InChI is InChI=1S/C15H16FN3OS/c1-3-13(21-14-8-10(2)17-9-18-14)15(20)19-12-6-4-11(16)5-7-12/h4-9,13H,3H2,1-2H3,(H,19,20). The Balaban J connectivity index is 2.03. The number of thioether (sulfide) groups is 1. The number of benzene rings is 1. The number of hydrogen-bond donors (Lipinski definition) is 1. The highest BCUT2D eigenvalue weighted by Gasteiger charge is 2.18. The van der Waals surface area contributed by atoms with E-state index in [1.54, 1.807) is 12.1 Å². The van der Waals surface area contributed by atoms with Crippen molar-refractivity contribution in [1.29, 1.82) is 0 Å². The molecule has 4 nitrogen and oxygen atoms in total. The minimum absolute atomic E-state index is 0.120. The zero-order valence-corrected chi connectivity index (χ0v) is 12.7. The molecule has 1 heterocycles. The van der Waals surface area contributed by atoms with E-state index in [9.17, 15) is 9.18 Å². The van der Waals surface area contributed by atoms with Crippen molar-refractivity contribution in [2.45, 2.75) is 30.5 Å². The molecule has 0 bridgehead atoms. The van der Waals surface area contributed by atoms with Gasteiger partial charge in [-0.2, -0.15) is 0 Å². The van der Waals surface area contributed by atoms with Gasteiger partial charge in [-0.1, -0.05) is 18.7 Å². The molecule has 0 aliphatic carbocycles. The van der Waals surface area contributed by atoms with Crippen molar-refractivity contribution in [3.63, 3.8) is 0 Å². The lowest BCUT2D eigenvalue weighted by atomic mass is 10.2. The maximum atomic E-state index is 12.8. The summed E-state index contributed by atoms with van der Waals surface area (Å²) in [4.78, 5) is 20.4. The van der Waals surface area contributed by atoms with E-state index < -0.39 is 0 Å². The first-order valence-electron chi connectivity index (χ1n) is 6.60. The Morgan fingerprint density at radius 1 is 1.33 bits per heavy atom. The highest BCUT2D eigenvalue weighted by Crippen LogP contribution is 2.25. The average molecular weight is 305 g/mol. The first kappa shape index (κ1) is 15.4. The van der Waals surface area contributed by atoms with E-state index in [0.29, 0.717) is 12.1 Å². The van der Waals surface area contributed by atoms with E-state index in [4.69, 9.17) is 0 Å². The predicted octanol–water partition coefficient (Wildman–Crippen LogP) is 3.43. The van der Waals surface area contributed by atoms with Crippen molar-refractivity contribution in [2.75, 3.05) is 5.32 Å². The molecule has 1 amide bonds. The first-order valence-corrected chi connectivity index (χ1v) is 7.48. The monoisotopic (exact) mass is 305 g/mol. The Bertz CT molecular complexity index is 619. The van der Waals surface area contributed by atoms with Gasteiger partial charge in [0, 0.05) is 11.4 Å². The molecule has 110 valence electrons. The summed E-state index contributed by atoms with van der Waals surface area (Å²) in [5.41, 5.74) is 1.45. The van der Waals surface area contributed by atoms with Crippen LogP contribution in [0.15, 0.2) is 41.7 Å². The normalized spacial score (nSPS) is 12.0. The van der Waals surface area contributed by atoms with Crippen LogP contribution in [-0.4, -0.2) is 21.1 Å². The van der Waals surface area contributed by atoms with Gasteiger partial charge in [0.05, 0.1) is 5.25 Å². The fourth-order valence-electron chi connectivity index (χ4n) is 1.72. The third kappa shape index (κ3) is 4.53. The number of halogens is 1. The SMILES string of the molecule is CCC(Sc1cc(C)ncn1)C(=O)Nc1ccc(F)cc1. The molecule has 0 fully saturated rings. The van der Waals surface area contributed by atoms with Gasteiger partial charge in [0.15, 0.2) is 0 Å². The van der Waals surface area contributed by atoms with Crippen LogP contribution < -0.4 is 5.32 Å². The summed E-state index contributed by atoms with van der Waals surface area (Å²) in [5.74, 6) is -0.448. The fraction of sp³-hybridized carbons (Fsp3) is 0.267. The van der Waals surface area contributed by atoms with Crippen LogP contribution >= 0.6 is 11.8 Å². The summed E-state index contributed by atoms with van der Waals surface area (Å²) in [7, 11) is 0. The highest BCUT2D eigenvalue weighted by molar-refractivity contribution is 8.00. The van der Waals surface area contributed by atoms with Crippen LogP contribution in [0.25, 0.3) is 0 Å². The van der Waals surface area contributed by atoms with Crippen LogP contribution in [0.5, 0.6) is 0 Å². The van der Waals surface area contributed by atoms with Gasteiger partial charge in [-0.15, -0.1) is 0 Å². The number of carbonyl (C=O) groups is 1. The Labute approximate surface area is 127 Å². The summed E-state index contributed by atoms with van der Waals surface area (Å²) in [5, 5.41) is 3.29. The van der Waals surface area contributed by atoms with Crippen molar-refractivity contribution in [3.05, 3.63) is 48.2 Å². The number of aryl methyl sites for hydroxylation is 1. The van der Waals surface area contributed by atoms with Gasteiger partial charge < -0.3 is 5.32 Å². The minimum atomic E-state index is -0.328. The molecule has 1 atom stereocenters. The summed E-state index contributed by atoms with van der Waals surface area (Å²) in [6.07, 6.45) is 2.16. The molecule has 0 aliphatic heterocycles. The lowest BCUT2D eigenvalue weighted by molar-refractivity contribution is -0.115. The highest BCUT2D eigenvalue weighted by atomic mass is 32.2. The van der Waals surface area contributed by atoms with Crippen LogP contribution in [0.1, 0.15) is 19.0 Å². The van der Waals surface area contributed by atoms with Crippen LogP contribution in [0, 0.1) is 12.7 Å². The van der Waals surface area contributed by atoms with Crippen molar-refractivity contribution in [2.24, 2.45) is 0 Å². The van der Waals surface area contributed by atoms with Crippen molar-refractivity contribution in [3.8, 4) is 0 Å². The molecule has 6 heteroatoms. The topological polar surface area (TPSA) is 54.9 Å². The molecule has 21 heavy (non-hydrogen) atoms. The van der Waals surface area contributed by atoms with Crippen LogP contribution in [0.3, 0.4) is 0 Å². The largest absolute Gasteiger partial charge is 0.325 e. The molecular formula is C15H16FN3OS.